The first-order chi connectivity index (χ1) is 15.5. The van der Waals surface area contributed by atoms with E-state index >= 15 is 0 Å². The number of aliphatic imine (C=N–C) groups is 2. The number of halogens is 1. The van der Waals surface area contributed by atoms with Crippen LogP contribution in [0.4, 0.5) is 5.69 Å². The average Bonchev–Trinajstić information content (AvgIpc) is 3.50. The monoisotopic (exact) mass is 462 g/mol. The van der Waals surface area contributed by atoms with Crippen molar-refractivity contribution in [2.45, 2.75) is 52.5 Å². The lowest BCUT2D eigenvalue weighted by molar-refractivity contribution is -0.127. The number of carbonyl (C=O) groups is 1. The minimum Gasteiger partial charge on any atom is -0.369 e. The lowest BCUT2D eigenvalue weighted by Gasteiger charge is -2.16. The largest absolute Gasteiger partial charge is 0.369 e. The lowest BCUT2D eigenvalue weighted by Crippen LogP contribution is -2.28. The molecule has 3 rings (SSSR count). The Bertz CT molecular complexity index is 852. The van der Waals surface area contributed by atoms with Crippen LogP contribution in [0.2, 0.25) is 0 Å². The van der Waals surface area contributed by atoms with Gasteiger partial charge in [0.05, 0.1) is 23.0 Å². The van der Waals surface area contributed by atoms with Gasteiger partial charge in [-0.05, 0) is 59.3 Å². The van der Waals surface area contributed by atoms with Gasteiger partial charge in [0.15, 0.2) is 0 Å². The van der Waals surface area contributed by atoms with E-state index < -0.39 is 0 Å². The number of hydrogen-bond acceptors (Lipinski definition) is 5. The first kappa shape index (κ1) is 24.3. The Morgan fingerprint density at radius 1 is 1.22 bits per heavy atom. The Morgan fingerprint density at radius 2 is 2.00 bits per heavy atom. The molecule has 2 N–H and O–H groups in total. The Labute approximate surface area is 195 Å². The summed E-state index contributed by atoms with van der Waals surface area (Å²) in [6.07, 6.45) is 6.99. The minimum atomic E-state index is 0.242. The van der Waals surface area contributed by atoms with E-state index in [0.717, 1.165) is 50.4 Å². The quantitative estimate of drug-likeness (QED) is 0.317. The van der Waals surface area contributed by atoms with Crippen LogP contribution in [0.25, 0.3) is 0 Å². The molecular weight excluding hydrogens is 428 g/mol. The maximum atomic E-state index is 11.7. The summed E-state index contributed by atoms with van der Waals surface area (Å²) < 4.78 is 1.96. The molecule has 1 aromatic heterocycles. The van der Waals surface area contributed by atoms with Crippen LogP contribution in [0, 0.1) is 6.92 Å². The molecule has 1 amide bonds. The van der Waals surface area contributed by atoms with Crippen molar-refractivity contribution >= 4 is 35.9 Å². The number of rotatable bonds is 10. The number of guanidine groups is 1. The Hall–Kier alpha value is -2.39. The van der Waals surface area contributed by atoms with E-state index in [1.165, 1.54) is 25.9 Å². The van der Waals surface area contributed by atoms with E-state index in [1.54, 1.807) is 6.92 Å². The smallest absolute Gasteiger partial charge is 0.228 e. The van der Waals surface area contributed by atoms with Crippen LogP contribution in [0.3, 0.4) is 0 Å². The van der Waals surface area contributed by atoms with Crippen molar-refractivity contribution in [3.63, 3.8) is 0 Å². The molecule has 2 aliphatic heterocycles. The molecular formula is C22H35ClN8O. The number of aryl methyl sites for hydroxylation is 1. The van der Waals surface area contributed by atoms with Crippen molar-refractivity contribution in [1.82, 2.24) is 24.9 Å². The van der Waals surface area contributed by atoms with Crippen LogP contribution in [0.15, 0.2) is 27.0 Å². The summed E-state index contributed by atoms with van der Waals surface area (Å²) in [7, 11) is 0. The second kappa shape index (κ2) is 12.0. The molecule has 0 atom stereocenters. The van der Waals surface area contributed by atoms with Gasteiger partial charge < -0.3 is 20.4 Å². The van der Waals surface area contributed by atoms with E-state index in [2.05, 4.69) is 37.3 Å². The number of aromatic nitrogens is 2. The highest BCUT2D eigenvalue weighted by atomic mass is 35.5. The summed E-state index contributed by atoms with van der Waals surface area (Å²) in [5.41, 5.74) is 1.72. The number of carbonyl (C=O) groups excluding carboxylic acids is 1. The number of allylic oxidation sites excluding steroid dienone is 1. The minimum absolute atomic E-state index is 0.242. The van der Waals surface area contributed by atoms with Gasteiger partial charge in [-0.1, -0.05) is 11.6 Å². The number of nitrogens with zero attached hydrogens (tertiary/aromatic N) is 6. The van der Waals surface area contributed by atoms with Gasteiger partial charge in [-0.25, -0.2) is 4.99 Å². The third-order valence-electron chi connectivity index (χ3n) is 5.80. The number of amides is 1. The average molecular weight is 463 g/mol. The van der Waals surface area contributed by atoms with Gasteiger partial charge in [-0.15, -0.1) is 0 Å². The maximum absolute atomic E-state index is 11.7. The summed E-state index contributed by atoms with van der Waals surface area (Å²) in [6.45, 7) is 13.8. The molecule has 0 aromatic carbocycles. The summed E-state index contributed by atoms with van der Waals surface area (Å²) in [4.78, 5) is 24.6. The number of nitrogens with one attached hydrogen (secondary N) is 2. The molecule has 0 radical (unpaired) electrons. The van der Waals surface area contributed by atoms with Gasteiger partial charge in [-0.2, -0.15) is 10.1 Å². The zero-order chi connectivity index (χ0) is 22.9. The molecule has 32 heavy (non-hydrogen) atoms. The highest BCUT2D eigenvalue weighted by molar-refractivity contribution is 6.29. The predicted molar refractivity (Wildman–Crippen MR) is 130 cm³/mol. The van der Waals surface area contributed by atoms with Crippen LogP contribution in [0.1, 0.15) is 44.7 Å². The van der Waals surface area contributed by atoms with Gasteiger partial charge >= 0.3 is 0 Å². The number of hydrogen-bond donors (Lipinski definition) is 2. The molecule has 1 aromatic rings. The maximum Gasteiger partial charge on any atom is 0.228 e. The summed E-state index contributed by atoms with van der Waals surface area (Å²) in [5.74, 6) is 1.13. The molecule has 176 valence electrons. The molecule has 10 heteroatoms. The van der Waals surface area contributed by atoms with E-state index in [0.29, 0.717) is 29.8 Å². The molecule has 0 bridgehead atoms. The van der Waals surface area contributed by atoms with Crippen molar-refractivity contribution in [1.29, 1.82) is 0 Å². The first-order valence-electron chi connectivity index (χ1n) is 11.4. The molecule has 0 unspecified atom stereocenters. The first-order valence-corrected chi connectivity index (χ1v) is 11.8. The molecule has 0 saturated carbocycles. The second-order valence-corrected chi connectivity index (χ2v) is 8.87. The third kappa shape index (κ3) is 7.06. The fourth-order valence-corrected chi connectivity index (χ4v) is 4.10. The van der Waals surface area contributed by atoms with Crippen LogP contribution in [-0.4, -0.2) is 77.4 Å². The van der Waals surface area contributed by atoms with Crippen molar-refractivity contribution in [2.24, 2.45) is 9.98 Å². The van der Waals surface area contributed by atoms with Crippen molar-refractivity contribution in [3.8, 4) is 0 Å². The third-order valence-corrected chi connectivity index (χ3v) is 5.98. The van der Waals surface area contributed by atoms with Gasteiger partial charge in [0.25, 0.3) is 0 Å². The van der Waals surface area contributed by atoms with E-state index in [4.69, 9.17) is 11.6 Å². The van der Waals surface area contributed by atoms with Crippen LogP contribution < -0.4 is 10.6 Å². The van der Waals surface area contributed by atoms with Crippen LogP contribution in [0.5, 0.6) is 0 Å². The zero-order valence-corrected chi connectivity index (χ0v) is 20.0. The molecule has 0 spiro atoms. The van der Waals surface area contributed by atoms with Crippen LogP contribution in [-0.2, 0) is 11.3 Å². The van der Waals surface area contributed by atoms with Gasteiger partial charge in [0.2, 0.25) is 11.9 Å². The fraction of sp³-hybridized carbons (Fsp3) is 0.636. The topological polar surface area (TPSA) is 90.2 Å². The molecule has 0 aliphatic carbocycles. The van der Waals surface area contributed by atoms with E-state index in [1.807, 2.05) is 22.7 Å². The fourth-order valence-electron chi connectivity index (χ4n) is 3.99. The van der Waals surface area contributed by atoms with Gasteiger partial charge in [0, 0.05) is 38.8 Å². The molecule has 2 saturated heterocycles. The SMILES string of the molecule is C=N/C(=N\C(NCCCN1CCCC1=O)=C(/C)Cl)Nc1cn(CCN2CCCC2)nc1C. The van der Waals surface area contributed by atoms with Crippen LogP contribution >= 0.6 is 11.6 Å². The summed E-state index contributed by atoms with van der Waals surface area (Å²) >= 11 is 6.25. The number of likely N-dealkylation sites (tertiary alicyclic amines) is 2. The van der Waals surface area contributed by atoms with Gasteiger partial charge in [0.1, 0.15) is 5.82 Å². The molecule has 3 heterocycles. The molecule has 9 nitrogen and oxygen atoms in total. The van der Waals surface area contributed by atoms with Crippen molar-refractivity contribution < 1.29 is 4.79 Å². The Kier molecular flexibility index (Phi) is 9.11. The standard InChI is InChI=1S/C22H35ClN8O/c1-17(23)21(25-9-7-13-30-12-6-8-20(30)32)27-22(24-3)26-19-16-31(28-18(19)2)15-14-29-10-4-5-11-29/h16,25H,3-15H2,1-2H3,(H,26,27)/b21-17+. The molecule has 2 aliphatic rings. The van der Waals surface area contributed by atoms with Crippen molar-refractivity contribution in [2.75, 3.05) is 44.6 Å². The molecule has 2 fully saturated rings. The summed E-state index contributed by atoms with van der Waals surface area (Å²) in [6, 6.07) is 0. The normalized spacial score (nSPS) is 18.3. The Balaban J connectivity index is 1.53. The zero-order valence-electron chi connectivity index (χ0n) is 19.2. The van der Waals surface area contributed by atoms with E-state index in [9.17, 15) is 4.79 Å². The highest BCUT2D eigenvalue weighted by Gasteiger charge is 2.19. The number of anilines is 1. The highest BCUT2D eigenvalue weighted by Crippen LogP contribution is 2.15. The Morgan fingerprint density at radius 3 is 2.66 bits per heavy atom. The van der Waals surface area contributed by atoms with E-state index in [-0.39, 0.29) is 5.91 Å². The second-order valence-electron chi connectivity index (χ2n) is 8.31. The summed E-state index contributed by atoms with van der Waals surface area (Å²) in [5, 5.41) is 11.6. The lowest BCUT2D eigenvalue weighted by atomic mass is 10.4. The van der Waals surface area contributed by atoms with Crippen molar-refractivity contribution in [3.05, 3.63) is 22.7 Å². The predicted octanol–water partition coefficient (Wildman–Crippen LogP) is 2.79. The van der Waals surface area contributed by atoms with Gasteiger partial charge in [-0.3, -0.25) is 9.48 Å².